The Hall–Kier alpha value is -3.04. The van der Waals surface area contributed by atoms with Crippen molar-refractivity contribution in [2.45, 2.75) is 13.8 Å². The Labute approximate surface area is 234 Å². The van der Waals surface area contributed by atoms with Gasteiger partial charge in [0.05, 0.1) is 27.2 Å². The molecule has 2 amide bonds. The van der Waals surface area contributed by atoms with Crippen molar-refractivity contribution in [3.05, 3.63) is 86.7 Å². The summed E-state index contributed by atoms with van der Waals surface area (Å²) < 4.78 is 11.9. The van der Waals surface area contributed by atoms with E-state index in [0.29, 0.717) is 43.1 Å². The van der Waals surface area contributed by atoms with E-state index < -0.39 is 0 Å². The summed E-state index contributed by atoms with van der Waals surface area (Å²) in [6, 6.07) is 17.7. The maximum Gasteiger partial charge on any atom is 0.270 e. The van der Waals surface area contributed by atoms with Crippen LogP contribution in [0.5, 0.6) is 11.5 Å². The van der Waals surface area contributed by atoms with Crippen LogP contribution < -0.4 is 19.7 Å². The molecule has 0 aromatic heterocycles. The topological polar surface area (TPSA) is 67.9 Å². The zero-order valence-electron chi connectivity index (χ0n) is 19.9. The SMILES string of the molecule is CCOc1cc(/C=C2\SC(=S)N(c3ccc(C)cc3)C2=O)ccc1OCC(=O)Nc1ccc(Cl)c(Cl)c1. The highest BCUT2D eigenvalue weighted by Crippen LogP contribution is 2.37. The van der Waals surface area contributed by atoms with Crippen LogP contribution in [0.2, 0.25) is 10.0 Å². The third-order valence-electron chi connectivity index (χ3n) is 5.21. The normalized spacial score (nSPS) is 14.3. The van der Waals surface area contributed by atoms with E-state index in [9.17, 15) is 9.59 Å². The fraction of sp³-hybridized carbons (Fsp3) is 0.148. The van der Waals surface area contributed by atoms with Gasteiger partial charge in [0.1, 0.15) is 0 Å². The first-order chi connectivity index (χ1) is 17.7. The molecule has 1 heterocycles. The highest BCUT2D eigenvalue weighted by molar-refractivity contribution is 8.27. The van der Waals surface area contributed by atoms with Crippen molar-refractivity contribution < 1.29 is 19.1 Å². The molecule has 0 bridgehead atoms. The summed E-state index contributed by atoms with van der Waals surface area (Å²) in [5, 5.41) is 3.44. The Balaban J connectivity index is 1.46. The fourth-order valence-electron chi connectivity index (χ4n) is 3.45. The number of amides is 2. The predicted octanol–water partition coefficient (Wildman–Crippen LogP) is 7.12. The van der Waals surface area contributed by atoms with Crippen LogP contribution >= 0.6 is 47.2 Å². The second-order valence-electron chi connectivity index (χ2n) is 7.96. The van der Waals surface area contributed by atoms with Gasteiger partial charge in [-0.2, -0.15) is 0 Å². The maximum absolute atomic E-state index is 13.1. The first-order valence-corrected chi connectivity index (χ1v) is 13.2. The van der Waals surface area contributed by atoms with E-state index in [4.69, 9.17) is 44.9 Å². The van der Waals surface area contributed by atoms with Gasteiger partial charge in [-0.1, -0.05) is 70.9 Å². The van der Waals surface area contributed by atoms with E-state index in [1.807, 2.05) is 38.1 Å². The molecule has 0 radical (unpaired) electrons. The zero-order chi connectivity index (χ0) is 26.5. The Bertz CT molecular complexity index is 1390. The largest absolute Gasteiger partial charge is 0.490 e. The van der Waals surface area contributed by atoms with Crippen LogP contribution in [-0.4, -0.2) is 29.3 Å². The van der Waals surface area contributed by atoms with Crippen molar-refractivity contribution in [3.63, 3.8) is 0 Å². The lowest BCUT2D eigenvalue weighted by molar-refractivity contribution is -0.118. The van der Waals surface area contributed by atoms with Gasteiger partial charge in [-0.25, -0.2) is 0 Å². The maximum atomic E-state index is 13.1. The van der Waals surface area contributed by atoms with Crippen molar-refractivity contribution >= 4 is 80.8 Å². The molecule has 1 aliphatic rings. The number of halogens is 2. The van der Waals surface area contributed by atoms with Gasteiger partial charge < -0.3 is 14.8 Å². The van der Waals surface area contributed by atoms with Crippen molar-refractivity contribution in [3.8, 4) is 11.5 Å². The zero-order valence-corrected chi connectivity index (χ0v) is 23.1. The van der Waals surface area contributed by atoms with Gasteiger partial charge in [0.25, 0.3) is 11.8 Å². The molecule has 4 rings (SSSR count). The van der Waals surface area contributed by atoms with Gasteiger partial charge in [0.2, 0.25) is 0 Å². The highest BCUT2D eigenvalue weighted by atomic mass is 35.5. The van der Waals surface area contributed by atoms with Crippen molar-refractivity contribution in [1.29, 1.82) is 0 Å². The van der Waals surface area contributed by atoms with Gasteiger partial charge in [-0.05, 0) is 68.0 Å². The number of ether oxygens (including phenoxy) is 2. The van der Waals surface area contributed by atoms with Crippen LogP contribution in [-0.2, 0) is 9.59 Å². The molecule has 1 N–H and O–H groups in total. The van der Waals surface area contributed by atoms with Crippen LogP contribution in [0.1, 0.15) is 18.1 Å². The van der Waals surface area contributed by atoms with Gasteiger partial charge in [-0.15, -0.1) is 0 Å². The van der Waals surface area contributed by atoms with E-state index in [1.54, 1.807) is 42.5 Å². The minimum absolute atomic E-state index is 0.184. The molecule has 6 nitrogen and oxygen atoms in total. The molecule has 0 unspecified atom stereocenters. The Morgan fingerprint density at radius 1 is 1.03 bits per heavy atom. The lowest BCUT2D eigenvalue weighted by Crippen LogP contribution is -2.27. The number of carbonyl (C=O) groups excluding carboxylic acids is 2. The molecular weight excluding hydrogens is 551 g/mol. The summed E-state index contributed by atoms with van der Waals surface area (Å²) >= 11 is 18.6. The van der Waals surface area contributed by atoms with Crippen molar-refractivity contribution in [2.24, 2.45) is 0 Å². The number of nitrogens with one attached hydrogen (secondary N) is 1. The van der Waals surface area contributed by atoms with Gasteiger partial charge in [0.15, 0.2) is 22.4 Å². The van der Waals surface area contributed by atoms with Crippen molar-refractivity contribution in [2.75, 3.05) is 23.4 Å². The third-order valence-corrected chi connectivity index (χ3v) is 7.25. The number of rotatable bonds is 8. The molecule has 10 heteroatoms. The van der Waals surface area contributed by atoms with Gasteiger partial charge in [-0.3, -0.25) is 14.5 Å². The summed E-state index contributed by atoms with van der Waals surface area (Å²) in [7, 11) is 0. The smallest absolute Gasteiger partial charge is 0.270 e. The lowest BCUT2D eigenvalue weighted by Gasteiger charge is -2.14. The number of benzene rings is 3. The molecule has 0 atom stereocenters. The molecule has 1 fully saturated rings. The average Bonchev–Trinajstić information content (AvgIpc) is 3.14. The minimum atomic E-state index is -0.371. The quantitative estimate of drug-likeness (QED) is 0.229. The molecule has 0 aliphatic carbocycles. The Kier molecular flexibility index (Phi) is 8.76. The van der Waals surface area contributed by atoms with E-state index in [1.165, 1.54) is 16.7 Å². The number of aryl methyl sites for hydroxylation is 1. The molecule has 0 saturated carbocycles. The summed E-state index contributed by atoms with van der Waals surface area (Å²) in [6.07, 6.45) is 1.76. The number of carbonyl (C=O) groups is 2. The fourth-order valence-corrected chi connectivity index (χ4v) is 5.05. The number of anilines is 2. The molecule has 0 spiro atoms. The minimum Gasteiger partial charge on any atom is -0.490 e. The Morgan fingerprint density at radius 2 is 1.78 bits per heavy atom. The molecule has 3 aromatic rings. The van der Waals surface area contributed by atoms with Crippen LogP contribution in [0.15, 0.2) is 65.6 Å². The number of thioether (sulfide) groups is 1. The number of thiocarbonyl (C=S) groups is 1. The van der Waals surface area contributed by atoms with Crippen LogP contribution in [0.25, 0.3) is 6.08 Å². The van der Waals surface area contributed by atoms with Gasteiger partial charge in [0, 0.05) is 5.69 Å². The molecule has 37 heavy (non-hydrogen) atoms. The third kappa shape index (κ3) is 6.64. The Morgan fingerprint density at radius 3 is 2.49 bits per heavy atom. The van der Waals surface area contributed by atoms with Crippen LogP contribution in [0.3, 0.4) is 0 Å². The summed E-state index contributed by atoms with van der Waals surface area (Å²) in [6.45, 7) is 3.99. The first kappa shape index (κ1) is 27.0. The van der Waals surface area contributed by atoms with Crippen LogP contribution in [0, 0.1) is 6.92 Å². The standard InChI is InChI=1S/C27H22Cl2N2O4S2/c1-3-34-23-12-17(13-24-26(33)31(27(36)37-24)19-8-4-16(2)5-9-19)6-11-22(23)35-15-25(32)30-18-7-10-20(28)21(29)14-18/h4-14H,3,15H2,1-2H3,(H,30,32)/b24-13-. The summed E-state index contributed by atoms with van der Waals surface area (Å²) in [5.41, 5.74) is 3.07. The molecule has 1 saturated heterocycles. The van der Waals surface area contributed by atoms with E-state index in [-0.39, 0.29) is 18.4 Å². The molecule has 3 aromatic carbocycles. The van der Waals surface area contributed by atoms with E-state index >= 15 is 0 Å². The van der Waals surface area contributed by atoms with E-state index in [0.717, 1.165) is 16.8 Å². The number of hydrogen-bond donors (Lipinski definition) is 1. The second kappa shape index (κ2) is 12.0. The molecular formula is C27H22Cl2N2O4S2. The predicted molar refractivity (Wildman–Crippen MR) is 155 cm³/mol. The lowest BCUT2D eigenvalue weighted by atomic mass is 10.1. The summed E-state index contributed by atoms with van der Waals surface area (Å²) in [5.74, 6) is 0.295. The molecule has 1 aliphatic heterocycles. The van der Waals surface area contributed by atoms with E-state index in [2.05, 4.69) is 5.32 Å². The monoisotopic (exact) mass is 572 g/mol. The van der Waals surface area contributed by atoms with Gasteiger partial charge >= 0.3 is 0 Å². The van der Waals surface area contributed by atoms with Crippen molar-refractivity contribution in [1.82, 2.24) is 0 Å². The van der Waals surface area contributed by atoms with Crippen LogP contribution in [0.4, 0.5) is 11.4 Å². The first-order valence-electron chi connectivity index (χ1n) is 11.2. The second-order valence-corrected chi connectivity index (χ2v) is 10.4. The highest BCUT2D eigenvalue weighted by Gasteiger charge is 2.33. The average molecular weight is 574 g/mol. The number of hydrogen-bond acceptors (Lipinski definition) is 6. The summed E-state index contributed by atoms with van der Waals surface area (Å²) in [4.78, 5) is 27.5. The number of nitrogens with zero attached hydrogens (tertiary/aromatic N) is 1. The molecule has 190 valence electrons.